The molecule has 136 valence electrons. The first-order chi connectivity index (χ1) is 12.1. The number of rotatable bonds is 5. The van der Waals surface area contributed by atoms with E-state index in [1.807, 2.05) is 10.9 Å². The molecule has 0 radical (unpaired) electrons. The molecule has 3 atom stereocenters. The van der Waals surface area contributed by atoms with E-state index in [0.29, 0.717) is 5.69 Å². The van der Waals surface area contributed by atoms with Crippen molar-refractivity contribution in [2.45, 2.75) is 82.6 Å². The molecule has 4 rings (SSSR count). The predicted molar refractivity (Wildman–Crippen MR) is 95.4 cm³/mol. The van der Waals surface area contributed by atoms with Crippen LogP contribution in [-0.2, 0) is 9.47 Å². The molecule has 3 aliphatic heterocycles. The first kappa shape index (κ1) is 17.0. The van der Waals surface area contributed by atoms with Crippen molar-refractivity contribution < 1.29 is 14.3 Å². The summed E-state index contributed by atoms with van der Waals surface area (Å²) in [5, 5.41) is 4.54. The largest absolute Gasteiger partial charge is 0.364 e. The van der Waals surface area contributed by atoms with Crippen molar-refractivity contribution in [2.24, 2.45) is 0 Å². The van der Waals surface area contributed by atoms with Crippen LogP contribution in [0.2, 0.25) is 0 Å². The third-order valence-electron chi connectivity index (χ3n) is 6.29. The molecule has 0 saturated carbocycles. The lowest BCUT2D eigenvalue weighted by atomic mass is 9.86. The van der Waals surface area contributed by atoms with Crippen LogP contribution in [0.4, 0.5) is 0 Å². The SMILES string of the molecule is CCC12C=C(c3cn(C4CCCCO4)nc3C=O)CC(CC)(CC1)O2. The van der Waals surface area contributed by atoms with Crippen molar-refractivity contribution in [3.63, 3.8) is 0 Å². The van der Waals surface area contributed by atoms with Crippen LogP contribution in [0.3, 0.4) is 0 Å². The maximum Gasteiger partial charge on any atom is 0.170 e. The number of ether oxygens (including phenoxy) is 2. The van der Waals surface area contributed by atoms with Crippen molar-refractivity contribution in [1.29, 1.82) is 0 Å². The van der Waals surface area contributed by atoms with Gasteiger partial charge in [-0.3, -0.25) is 4.79 Å². The zero-order valence-corrected chi connectivity index (χ0v) is 15.3. The highest BCUT2D eigenvalue weighted by Crippen LogP contribution is 2.52. The minimum absolute atomic E-state index is 0.0429. The summed E-state index contributed by atoms with van der Waals surface area (Å²) in [6.45, 7) is 5.16. The summed E-state index contributed by atoms with van der Waals surface area (Å²) < 4.78 is 14.2. The Morgan fingerprint density at radius 1 is 1.32 bits per heavy atom. The van der Waals surface area contributed by atoms with E-state index in [-0.39, 0.29) is 17.4 Å². The summed E-state index contributed by atoms with van der Waals surface area (Å²) in [4.78, 5) is 11.7. The fourth-order valence-corrected chi connectivity index (χ4v) is 4.63. The second-order valence-corrected chi connectivity index (χ2v) is 7.75. The Morgan fingerprint density at radius 2 is 2.20 bits per heavy atom. The van der Waals surface area contributed by atoms with Crippen LogP contribution >= 0.6 is 0 Å². The van der Waals surface area contributed by atoms with Gasteiger partial charge in [-0.05, 0) is 56.6 Å². The molecule has 1 aromatic rings. The third kappa shape index (κ3) is 2.87. The number of aldehydes is 1. The van der Waals surface area contributed by atoms with Crippen LogP contribution in [-0.4, -0.2) is 33.9 Å². The fraction of sp³-hybridized carbons (Fsp3) is 0.700. The normalized spacial score (nSPS) is 34.8. The lowest BCUT2D eigenvalue weighted by Gasteiger charge is -2.38. The standard InChI is InChI=1S/C20H28N2O3/c1-3-19-8-9-20(4-2,25-19)12-15(11-19)16-13-22(21-17(16)14-23)18-7-5-6-10-24-18/h11,13-14,18H,3-10,12H2,1-2H3. The predicted octanol–water partition coefficient (Wildman–Crippen LogP) is 4.29. The Hall–Kier alpha value is -1.46. The molecular weight excluding hydrogens is 316 g/mol. The summed E-state index contributed by atoms with van der Waals surface area (Å²) in [5.74, 6) is 0. The molecule has 3 unspecified atom stereocenters. The highest BCUT2D eigenvalue weighted by molar-refractivity contribution is 5.84. The quantitative estimate of drug-likeness (QED) is 0.748. The van der Waals surface area contributed by atoms with E-state index < -0.39 is 0 Å². The van der Waals surface area contributed by atoms with Gasteiger partial charge in [0.25, 0.3) is 0 Å². The summed E-state index contributed by atoms with van der Waals surface area (Å²) in [6.07, 6.45) is 13.3. The summed E-state index contributed by atoms with van der Waals surface area (Å²) >= 11 is 0. The van der Waals surface area contributed by atoms with E-state index in [0.717, 1.165) is 69.8 Å². The van der Waals surface area contributed by atoms with E-state index in [1.165, 1.54) is 5.57 Å². The highest BCUT2D eigenvalue weighted by atomic mass is 16.5. The van der Waals surface area contributed by atoms with Gasteiger partial charge < -0.3 is 9.47 Å². The minimum atomic E-state index is -0.173. The van der Waals surface area contributed by atoms with Gasteiger partial charge in [0.05, 0.1) is 11.2 Å². The zero-order chi connectivity index (χ0) is 17.5. The van der Waals surface area contributed by atoms with Crippen LogP contribution in [0.25, 0.3) is 5.57 Å². The summed E-state index contributed by atoms with van der Waals surface area (Å²) in [7, 11) is 0. The molecule has 25 heavy (non-hydrogen) atoms. The first-order valence-corrected chi connectivity index (χ1v) is 9.71. The van der Waals surface area contributed by atoms with Gasteiger partial charge in [-0.1, -0.05) is 13.8 Å². The topological polar surface area (TPSA) is 53.4 Å². The summed E-state index contributed by atoms with van der Waals surface area (Å²) in [5.41, 5.74) is 2.46. The number of fused-ring (bicyclic) bond motifs is 2. The lowest BCUT2D eigenvalue weighted by molar-refractivity contribution is -0.0870. The molecule has 0 N–H and O–H groups in total. The maximum absolute atomic E-state index is 11.7. The minimum Gasteiger partial charge on any atom is -0.364 e. The Kier molecular flexibility index (Phi) is 4.32. The molecule has 0 spiro atoms. The van der Waals surface area contributed by atoms with Crippen molar-refractivity contribution >= 4 is 11.9 Å². The van der Waals surface area contributed by atoms with Crippen LogP contribution < -0.4 is 0 Å². The molecule has 2 fully saturated rings. The van der Waals surface area contributed by atoms with Crippen LogP contribution in [0.15, 0.2) is 12.3 Å². The van der Waals surface area contributed by atoms with Gasteiger partial charge in [-0.25, -0.2) is 4.68 Å². The Bertz CT molecular complexity index is 689. The van der Waals surface area contributed by atoms with E-state index in [2.05, 4.69) is 25.0 Å². The van der Waals surface area contributed by atoms with Crippen LogP contribution in [0, 0.1) is 0 Å². The molecule has 4 heterocycles. The molecule has 3 aliphatic rings. The molecule has 2 saturated heterocycles. The molecule has 0 aliphatic carbocycles. The van der Waals surface area contributed by atoms with Gasteiger partial charge in [-0.2, -0.15) is 5.10 Å². The van der Waals surface area contributed by atoms with Gasteiger partial charge in [0.15, 0.2) is 6.29 Å². The molecule has 2 bridgehead atoms. The fourth-order valence-electron chi connectivity index (χ4n) is 4.63. The number of nitrogens with zero attached hydrogens (tertiary/aromatic N) is 2. The molecule has 0 amide bonds. The highest BCUT2D eigenvalue weighted by Gasteiger charge is 2.50. The molecule has 5 nitrogen and oxygen atoms in total. The van der Waals surface area contributed by atoms with Gasteiger partial charge in [-0.15, -0.1) is 0 Å². The van der Waals surface area contributed by atoms with Crippen molar-refractivity contribution in [3.8, 4) is 0 Å². The number of hydrogen-bond donors (Lipinski definition) is 0. The van der Waals surface area contributed by atoms with Crippen LogP contribution in [0.5, 0.6) is 0 Å². The van der Waals surface area contributed by atoms with Gasteiger partial charge in [0, 0.05) is 24.8 Å². The monoisotopic (exact) mass is 344 g/mol. The number of carbonyl (C=O) groups excluding carboxylic acids is 1. The second-order valence-electron chi connectivity index (χ2n) is 7.75. The average Bonchev–Trinajstić information content (AvgIpc) is 3.22. The summed E-state index contributed by atoms with van der Waals surface area (Å²) in [6, 6.07) is 0. The molecule has 5 heteroatoms. The lowest BCUT2D eigenvalue weighted by Crippen LogP contribution is -2.37. The average molecular weight is 344 g/mol. The molecular formula is C20H28N2O3. The smallest absolute Gasteiger partial charge is 0.170 e. The first-order valence-electron chi connectivity index (χ1n) is 9.71. The molecule has 0 aromatic carbocycles. The Balaban J connectivity index is 1.71. The van der Waals surface area contributed by atoms with Crippen molar-refractivity contribution in [3.05, 3.63) is 23.5 Å². The van der Waals surface area contributed by atoms with E-state index >= 15 is 0 Å². The van der Waals surface area contributed by atoms with Gasteiger partial charge in [0.2, 0.25) is 0 Å². The zero-order valence-electron chi connectivity index (χ0n) is 15.3. The van der Waals surface area contributed by atoms with Crippen molar-refractivity contribution in [1.82, 2.24) is 9.78 Å². The number of aromatic nitrogens is 2. The van der Waals surface area contributed by atoms with E-state index in [9.17, 15) is 4.79 Å². The van der Waals surface area contributed by atoms with Crippen molar-refractivity contribution in [2.75, 3.05) is 6.61 Å². The van der Waals surface area contributed by atoms with E-state index in [4.69, 9.17) is 9.47 Å². The second kappa shape index (κ2) is 6.36. The maximum atomic E-state index is 11.7. The Morgan fingerprint density at radius 3 is 2.88 bits per heavy atom. The van der Waals surface area contributed by atoms with Gasteiger partial charge in [0.1, 0.15) is 11.9 Å². The van der Waals surface area contributed by atoms with Gasteiger partial charge >= 0.3 is 0 Å². The molecule has 1 aromatic heterocycles. The van der Waals surface area contributed by atoms with Crippen LogP contribution in [0.1, 0.15) is 87.5 Å². The third-order valence-corrected chi connectivity index (χ3v) is 6.29. The number of hydrogen-bond acceptors (Lipinski definition) is 4. The Labute approximate surface area is 149 Å². The number of carbonyl (C=O) groups is 1. The van der Waals surface area contributed by atoms with E-state index in [1.54, 1.807) is 0 Å².